The Hall–Kier alpha value is -7.37. The van der Waals surface area contributed by atoms with Crippen LogP contribution in [0.3, 0.4) is 0 Å². The topological polar surface area (TPSA) is 56.7 Å². The van der Waals surface area contributed by atoms with E-state index in [1.165, 1.54) is 60.2 Å². The monoisotopic (exact) mass is 730 g/mol. The van der Waals surface area contributed by atoms with Gasteiger partial charge >= 0.3 is 0 Å². The van der Waals surface area contributed by atoms with E-state index < -0.39 is 0 Å². The Kier molecular flexibility index (Phi) is 6.62. The van der Waals surface area contributed by atoms with Gasteiger partial charge in [-0.3, -0.25) is 0 Å². The lowest BCUT2D eigenvalue weighted by atomic mass is 9.82. The van der Waals surface area contributed by atoms with Crippen LogP contribution in [-0.4, -0.2) is 19.5 Å². The van der Waals surface area contributed by atoms with Gasteiger partial charge in [0.2, 0.25) is 0 Å². The maximum atomic E-state index is 5.52. The lowest BCUT2D eigenvalue weighted by Crippen LogP contribution is -2.15. The van der Waals surface area contributed by atoms with Gasteiger partial charge < -0.3 is 8.98 Å². The van der Waals surface area contributed by atoms with E-state index in [0.29, 0.717) is 17.5 Å². The molecule has 0 bridgehead atoms. The third-order valence-corrected chi connectivity index (χ3v) is 12.2. The Labute approximate surface area is 328 Å². The van der Waals surface area contributed by atoms with Gasteiger partial charge in [0.25, 0.3) is 0 Å². The molecule has 0 radical (unpaired) electrons. The van der Waals surface area contributed by atoms with Crippen molar-refractivity contribution in [2.45, 2.75) is 19.3 Å². The molecule has 0 atom stereocenters. The Bertz CT molecular complexity index is 3430. The molecule has 0 N–H and O–H groups in total. The summed E-state index contributed by atoms with van der Waals surface area (Å²) in [6, 6.07) is 56.7. The third kappa shape index (κ3) is 4.54. The first-order valence-electron chi connectivity index (χ1n) is 19.4. The number of furan rings is 1. The number of aromatic nitrogens is 4. The van der Waals surface area contributed by atoms with Crippen molar-refractivity contribution in [2.75, 3.05) is 0 Å². The summed E-state index contributed by atoms with van der Waals surface area (Å²) in [5.41, 5.74) is 11.4. The van der Waals surface area contributed by atoms with Crippen molar-refractivity contribution in [1.29, 1.82) is 0 Å². The molecule has 8 aromatic carbocycles. The first-order valence-corrected chi connectivity index (χ1v) is 19.4. The summed E-state index contributed by atoms with van der Waals surface area (Å²) in [6.07, 6.45) is 3.35. The third-order valence-electron chi connectivity index (χ3n) is 12.2. The van der Waals surface area contributed by atoms with Crippen LogP contribution in [-0.2, 0) is 5.41 Å². The first kappa shape index (κ1) is 31.9. The molecule has 57 heavy (non-hydrogen) atoms. The highest BCUT2D eigenvalue weighted by molar-refractivity contribution is 6.30. The second-order valence-corrected chi connectivity index (χ2v) is 15.6. The Morgan fingerprint density at radius 1 is 0.439 bits per heavy atom. The van der Waals surface area contributed by atoms with Gasteiger partial charge in [-0.05, 0) is 74.1 Å². The van der Waals surface area contributed by atoms with E-state index in [-0.39, 0.29) is 5.41 Å². The molecule has 268 valence electrons. The fraction of sp³-hybridized carbons (Fsp3) is 0.0577. The van der Waals surface area contributed by atoms with E-state index in [9.17, 15) is 0 Å². The van der Waals surface area contributed by atoms with Gasteiger partial charge in [-0.15, -0.1) is 0 Å². The maximum Gasteiger partial charge on any atom is 0.167 e. The standard InChI is InChI=1S/C52H34N4O/c1-52(2)42-23-10-8-18-35(42)40-28-41-36-19-9-11-24-44(36)56(46(41)29-43(40)52)45-25-13-21-38-34-17-7-6-16-33(34)37-20-12-22-39(47(37)48(38)45)51-54-49(31-14-4-3-5-15-31)53-50(55-51)32-26-27-57-30-32/h3-30H,1-2H3. The highest BCUT2D eigenvalue weighted by atomic mass is 16.3. The highest BCUT2D eigenvalue weighted by Crippen LogP contribution is 2.52. The van der Waals surface area contributed by atoms with Crippen LogP contribution in [0.4, 0.5) is 0 Å². The molecule has 0 fully saturated rings. The van der Waals surface area contributed by atoms with Crippen molar-refractivity contribution >= 4 is 54.1 Å². The molecule has 0 spiro atoms. The Balaban J connectivity index is 1.23. The average Bonchev–Trinajstić information content (AvgIpc) is 3.98. The van der Waals surface area contributed by atoms with Gasteiger partial charge in [-0.1, -0.05) is 141 Å². The number of benzene rings is 8. The highest BCUT2D eigenvalue weighted by Gasteiger charge is 2.36. The summed E-state index contributed by atoms with van der Waals surface area (Å²) in [5.74, 6) is 1.78. The predicted molar refractivity (Wildman–Crippen MR) is 233 cm³/mol. The summed E-state index contributed by atoms with van der Waals surface area (Å²) >= 11 is 0. The van der Waals surface area contributed by atoms with E-state index >= 15 is 0 Å². The molecule has 0 amide bonds. The van der Waals surface area contributed by atoms with Crippen molar-refractivity contribution in [2.24, 2.45) is 0 Å². The summed E-state index contributed by atoms with van der Waals surface area (Å²) in [7, 11) is 0. The van der Waals surface area contributed by atoms with Crippen molar-refractivity contribution < 1.29 is 4.42 Å². The van der Waals surface area contributed by atoms with Crippen LogP contribution in [0, 0.1) is 0 Å². The van der Waals surface area contributed by atoms with Crippen molar-refractivity contribution in [3.05, 3.63) is 181 Å². The van der Waals surface area contributed by atoms with Gasteiger partial charge in [0.1, 0.15) is 6.26 Å². The minimum Gasteiger partial charge on any atom is -0.472 e. The number of rotatable bonds is 4. The molecule has 5 heteroatoms. The van der Waals surface area contributed by atoms with E-state index in [4.69, 9.17) is 19.4 Å². The number of para-hydroxylation sites is 1. The lowest BCUT2D eigenvalue weighted by molar-refractivity contribution is 0.568. The predicted octanol–water partition coefficient (Wildman–Crippen LogP) is 13.3. The second kappa shape index (κ2) is 11.8. The average molecular weight is 731 g/mol. The fourth-order valence-electron chi connectivity index (χ4n) is 9.56. The molecule has 0 saturated heterocycles. The molecule has 3 heterocycles. The van der Waals surface area contributed by atoms with E-state index in [0.717, 1.165) is 38.5 Å². The van der Waals surface area contributed by atoms with E-state index in [1.54, 1.807) is 12.5 Å². The number of hydrogen-bond acceptors (Lipinski definition) is 4. The summed E-state index contributed by atoms with van der Waals surface area (Å²) in [4.78, 5) is 15.4. The second-order valence-electron chi connectivity index (χ2n) is 15.6. The fourth-order valence-corrected chi connectivity index (χ4v) is 9.56. The lowest BCUT2D eigenvalue weighted by Gasteiger charge is -2.22. The van der Waals surface area contributed by atoms with Gasteiger partial charge in [-0.2, -0.15) is 0 Å². The molecule has 0 aliphatic heterocycles. The summed E-state index contributed by atoms with van der Waals surface area (Å²) in [6.45, 7) is 4.72. The molecule has 12 rings (SSSR count). The van der Waals surface area contributed by atoms with Crippen LogP contribution in [0.2, 0.25) is 0 Å². The van der Waals surface area contributed by atoms with Gasteiger partial charge in [-0.25, -0.2) is 15.0 Å². The summed E-state index contributed by atoms with van der Waals surface area (Å²) in [5, 5.41) is 9.44. The quantitative estimate of drug-likeness (QED) is 0.169. The molecule has 1 aliphatic rings. The normalized spacial score (nSPS) is 13.2. The number of nitrogens with zero attached hydrogens (tertiary/aromatic N) is 4. The Morgan fingerprint density at radius 2 is 1.07 bits per heavy atom. The smallest absolute Gasteiger partial charge is 0.167 e. The zero-order valence-corrected chi connectivity index (χ0v) is 31.4. The largest absolute Gasteiger partial charge is 0.472 e. The molecular formula is C52H34N4O. The van der Waals surface area contributed by atoms with Crippen LogP contribution < -0.4 is 0 Å². The Morgan fingerprint density at radius 3 is 1.86 bits per heavy atom. The molecule has 3 aromatic heterocycles. The minimum atomic E-state index is -0.141. The van der Waals surface area contributed by atoms with E-state index in [1.807, 2.05) is 36.4 Å². The van der Waals surface area contributed by atoms with Gasteiger partial charge in [0, 0.05) is 38.1 Å². The number of fused-ring (bicyclic) bond motifs is 12. The number of hydrogen-bond donors (Lipinski definition) is 0. The molecule has 0 unspecified atom stereocenters. The molecular weight excluding hydrogens is 697 g/mol. The van der Waals surface area contributed by atoms with Crippen molar-refractivity contribution in [1.82, 2.24) is 19.5 Å². The molecule has 11 aromatic rings. The SMILES string of the molecule is CC1(C)c2ccccc2-c2cc3c4ccccc4n(-c4cccc5c6ccccc6c6cccc(-c7nc(-c8ccccc8)nc(-c8ccoc8)n7)c6c45)c3cc21. The van der Waals surface area contributed by atoms with Crippen LogP contribution >= 0.6 is 0 Å². The minimum absolute atomic E-state index is 0.141. The van der Waals surface area contributed by atoms with Gasteiger partial charge in [0.05, 0.1) is 28.5 Å². The summed E-state index contributed by atoms with van der Waals surface area (Å²) < 4.78 is 8.02. The molecule has 0 saturated carbocycles. The maximum absolute atomic E-state index is 5.52. The molecule has 1 aliphatic carbocycles. The van der Waals surface area contributed by atoms with Crippen LogP contribution in [0.15, 0.2) is 175 Å². The van der Waals surface area contributed by atoms with Crippen LogP contribution in [0.1, 0.15) is 25.0 Å². The van der Waals surface area contributed by atoms with E-state index in [2.05, 4.69) is 140 Å². The van der Waals surface area contributed by atoms with Crippen LogP contribution in [0.25, 0.3) is 105 Å². The zero-order chi connectivity index (χ0) is 37.8. The first-order chi connectivity index (χ1) is 28.0. The van der Waals surface area contributed by atoms with Crippen LogP contribution in [0.5, 0.6) is 0 Å². The van der Waals surface area contributed by atoms with Crippen molar-refractivity contribution in [3.63, 3.8) is 0 Å². The van der Waals surface area contributed by atoms with Gasteiger partial charge in [0.15, 0.2) is 17.5 Å². The van der Waals surface area contributed by atoms with Crippen molar-refractivity contribution in [3.8, 4) is 51.0 Å². The molecule has 5 nitrogen and oxygen atoms in total. The zero-order valence-electron chi connectivity index (χ0n) is 31.4.